The van der Waals surface area contributed by atoms with Crippen LogP contribution in [0.2, 0.25) is 0 Å². The first-order valence-corrected chi connectivity index (χ1v) is 10.7. The summed E-state index contributed by atoms with van der Waals surface area (Å²) in [5, 5.41) is 10.7. The fourth-order valence-electron chi connectivity index (χ4n) is 4.40. The normalized spacial score (nSPS) is 21.7. The van der Waals surface area contributed by atoms with Gasteiger partial charge in [-0.25, -0.2) is 9.37 Å². The predicted octanol–water partition coefficient (Wildman–Crippen LogP) is 3.14. The quantitative estimate of drug-likeness (QED) is 0.598. The van der Waals surface area contributed by atoms with E-state index in [1.807, 2.05) is 18.2 Å². The molecule has 1 aliphatic carbocycles. The zero-order valence-corrected chi connectivity index (χ0v) is 17.5. The molecule has 2 aromatic heterocycles. The summed E-state index contributed by atoms with van der Waals surface area (Å²) in [5.41, 5.74) is 2.35. The molecular formula is C23H23F2N5O2. The topological polar surface area (TPSA) is 91.0 Å². The molecule has 2 amide bonds. The van der Waals surface area contributed by atoms with E-state index in [2.05, 4.69) is 20.5 Å². The van der Waals surface area contributed by atoms with E-state index in [4.69, 9.17) is 0 Å². The van der Waals surface area contributed by atoms with Gasteiger partial charge in [0.25, 0.3) is 0 Å². The van der Waals surface area contributed by atoms with Crippen molar-refractivity contribution in [3.8, 4) is 0 Å². The molecule has 3 atom stereocenters. The van der Waals surface area contributed by atoms with Crippen molar-refractivity contribution in [2.75, 3.05) is 6.54 Å². The number of rotatable bonds is 5. The highest BCUT2D eigenvalue weighted by molar-refractivity contribution is 5.88. The number of fused-ring (bicyclic) bond motifs is 1. The van der Waals surface area contributed by atoms with Crippen LogP contribution in [0, 0.1) is 5.95 Å². The van der Waals surface area contributed by atoms with Crippen molar-refractivity contribution in [2.24, 2.45) is 0 Å². The molecule has 2 aliphatic rings. The molecule has 1 saturated carbocycles. The third-order valence-corrected chi connectivity index (χ3v) is 6.26. The Morgan fingerprint density at radius 3 is 2.78 bits per heavy atom. The molecule has 2 N–H and O–H groups in total. The van der Waals surface area contributed by atoms with E-state index in [9.17, 15) is 18.4 Å². The van der Waals surface area contributed by atoms with Crippen LogP contribution in [0.15, 0.2) is 36.5 Å². The third-order valence-electron chi connectivity index (χ3n) is 6.26. The average molecular weight is 439 g/mol. The third kappa shape index (κ3) is 3.83. The first-order valence-electron chi connectivity index (χ1n) is 10.7. The lowest BCUT2D eigenvalue weighted by molar-refractivity contribution is -0.137. The number of carbonyl (C=O) groups excluding carboxylic acids is 2. The van der Waals surface area contributed by atoms with Crippen LogP contribution in [-0.2, 0) is 9.59 Å². The minimum Gasteiger partial charge on any atom is -0.342 e. The predicted molar refractivity (Wildman–Crippen MR) is 113 cm³/mol. The summed E-state index contributed by atoms with van der Waals surface area (Å²) >= 11 is 0. The minimum absolute atomic E-state index is 0.0693. The standard InChI is InChI=1S/C23H23F2N5O2/c1-12(31)30-11-16(24)9-20(30)23(32)28-21(14-4-5-15-10-26-29-19(15)8-14)18-7-6-17(13-2-3-13)22(25)27-18/h4-8,10,13,16,20-21H,2-3,9,11H2,1H3,(H,26,29)(H,28,32)/t16-,20+,21+/m1/s1. The second-order valence-corrected chi connectivity index (χ2v) is 8.57. The van der Waals surface area contributed by atoms with Crippen molar-refractivity contribution in [3.63, 3.8) is 0 Å². The summed E-state index contributed by atoms with van der Waals surface area (Å²) in [6.45, 7) is 1.21. The number of hydrogen-bond acceptors (Lipinski definition) is 4. The Morgan fingerprint density at radius 1 is 1.25 bits per heavy atom. The SMILES string of the molecule is CC(=O)N1C[C@H](F)C[C@H]1C(=O)N[C@@H](c1ccc2cn[nH]c2c1)c1ccc(C2CC2)c(F)n1. The molecule has 0 bridgehead atoms. The number of aromatic amines is 1. The number of aromatic nitrogens is 3. The van der Waals surface area contributed by atoms with Crippen LogP contribution in [0.3, 0.4) is 0 Å². The molecule has 32 heavy (non-hydrogen) atoms. The fraction of sp³-hybridized carbons (Fsp3) is 0.391. The Morgan fingerprint density at radius 2 is 2.06 bits per heavy atom. The highest BCUT2D eigenvalue weighted by Crippen LogP contribution is 2.41. The van der Waals surface area contributed by atoms with Gasteiger partial charge < -0.3 is 10.2 Å². The Labute approximate surface area is 183 Å². The number of pyridine rings is 1. The Balaban J connectivity index is 1.50. The van der Waals surface area contributed by atoms with E-state index >= 15 is 0 Å². The van der Waals surface area contributed by atoms with Gasteiger partial charge in [-0.1, -0.05) is 18.2 Å². The van der Waals surface area contributed by atoms with Crippen LogP contribution >= 0.6 is 0 Å². The van der Waals surface area contributed by atoms with Crippen molar-refractivity contribution in [3.05, 3.63) is 59.3 Å². The van der Waals surface area contributed by atoms with Gasteiger partial charge >= 0.3 is 0 Å². The Hall–Kier alpha value is -3.36. The summed E-state index contributed by atoms with van der Waals surface area (Å²) in [6.07, 6.45) is 2.24. The summed E-state index contributed by atoms with van der Waals surface area (Å²) in [5.74, 6) is -1.20. The first-order chi connectivity index (χ1) is 15.4. The smallest absolute Gasteiger partial charge is 0.243 e. The number of likely N-dealkylation sites (tertiary alicyclic amines) is 1. The molecule has 3 heterocycles. The largest absolute Gasteiger partial charge is 0.342 e. The van der Waals surface area contributed by atoms with Gasteiger partial charge in [0.1, 0.15) is 12.2 Å². The van der Waals surface area contributed by atoms with Crippen molar-refractivity contribution in [1.29, 1.82) is 0 Å². The fourth-order valence-corrected chi connectivity index (χ4v) is 4.40. The van der Waals surface area contributed by atoms with Crippen molar-refractivity contribution >= 4 is 22.7 Å². The van der Waals surface area contributed by atoms with E-state index in [0.717, 1.165) is 23.7 Å². The van der Waals surface area contributed by atoms with Crippen molar-refractivity contribution < 1.29 is 18.4 Å². The number of alkyl halides is 1. The van der Waals surface area contributed by atoms with Crippen LogP contribution in [0.1, 0.15) is 55.0 Å². The van der Waals surface area contributed by atoms with Crippen molar-refractivity contribution in [1.82, 2.24) is 25.4 Å². The van der Waals surface area contributed by atoms with Gasteiger partial charge in [0.2, 0.25) is 17.8 Å². The van der Waals surface area contributed by atoms with E-state index in [1.165, 1.54) is 11.8 Å². The number of nitrogens with zero attached hydrogens (tertiary/aromatic N) is 3. The van der Waals surface area contributed by atoms with Crippen LogP contribution < -0.4 is 5.32 Å². The molecule has 2 fully saturated rings. The molecule has 3 aromatic rings. The molecule has 0 unspecified atom stereocenters. The summed E-state index contributed by atoms with van der Waals surface area (Å²) in [7, 11) is 0. The van der Waals surface area contributed by atoms with Crippen LogP contribution in [0.5, 0.6) is 0 Å². The number of H-pyrrole nitrogens is 1. The summed E-state index contributed by atoms with van der Waals surface area (Å²) in [4.78, 5) is 30.4. The highest BCUT2D eigenvalue weighted by atomic mass is 19.1. The number of nitrogens with one attached hydrogen (secondary N) is 2. The molecule has 1 saturated heterocycles. The maximum Gasteiger partial charge on any atom is 0.243 e. The van der Waals surface area contributed by atoms with Gasteiger partial charge in [-0.05, 0) is 36.5 Å². The summed E-state index contributed by atoms with van der Waals surface area (Å²) in [6, 6.07) is 7.22. The van der Waals surface area contributed by atoms with E-state index < -0.39 is 30.1 Å². The molecule has 5 rings (SSSR count). The van der Waals surface area contributed by atoms with Gasteiger partial charge in [-0.15, -0.1) is 0 Å². The number of amides is 2. The van der Waals surface area contributed by atoms with Gasteiger partial charge in [0, 0.05) is 24.3 Å². The molecule has 9 heteroatoms. The monoisotopic (exact) mass is 439 g/mol. The minimum atomic E-state index is -1.26. The molecule has 1 aliphatic heterocycles. The zero-order valence-electron chi connectivity index (χ0n) is 17.5. The van der Waals surface area contributed by atoms with E-state index in [0.29, 0.717) is 16.8 Å². The van der Waals surface area contributed by atoms with Crippen LogP contribution in [0.25, 0.3) is 10.9 Å². The van der Waals surface area contributed by atoms with Crippen LogP contribution in [-0.4, -0.2) is 50.7 Å². The second kappa shape index (κ2) is 7.96. The number of carbonyl (C=O) groups is 2. The van der Waals surface area contributed by atoms with Gasteiger partial charge in [0.05, 0.1) is 30.0 Å². The first kappa shape index (κ1) is 20.5. The van der Waals surface area contributed by atoms with Gasteiger partial charge in [-0.2, -0.15) is 9.49 Å². The summed E-state index contributed by atoms with van der Waals surface area (Å²) < 4.78 is 28.7. The molecule has 7 nitrogen and oxygen atoms in total. The van der Waals surface area contributed by atoms with Gasteiger partial charge in [0.15, 0.2) is 0 Å². The number of hydrogen-bond donors (Lipinski definition) is 2. The maximum absolute atomic E-state index is 14.7. The van der Waals surface area contributed by atoms with E-state index in [1.54, 1.807) is 18.3 Å². The number of benzene rings is 1. The molecule has 166 valence electrons. The molecule has 0 radical (unpaired) electrons. The zero-order chi connectivity index (χ0) is 22.4. The molecule has 0 spiro atoms. The Bertz CT molecular complexity index is 1190. The second-order valence-electron chi connectivity index (χ2n) is 8.57. The maximum atomic E-state index is 14.7. The molecular weight excluding hydrogens is 416 g/mol. The van der Waals surface area contributed by atoms with Crippen LogP contribution in [0.4, 0.5) is 8.78 Å². The van der Waals surface area contributed by atoms with E-state index in [-0.39, 0.29) is 24.8 Å². The lowest BCUT2D eigenvalue weighted by atomic mass is 10.00. The number of halogens is 2. The average Bonchev–Trinajstić information content (AvgIpc) is 3.35. The highest BCUT2D eigenvalue weighted by Gasteiger charge is 2.39. The van der Waals surface area contributed by atoms with Gasteiger partial charge in [-0.3, -0.25) is 14.7 Å². The lowest BCUT2D eigenvalue weighted by Crippen LogP contribution is -2.46. The Kier molecular flexibility index (Phi) is 5.11. The molecule has 1 aromatic carbocycles. The lowest BCUT2D eigenvalue weighted by Gasteiger charge is -2.26. The van der Waals surface area contributed by atoms with Crippen molar-refractivity contribution in [2.45, 2.75) is 50.4 Å².